The van der Waals surface area contributed by atoms with E-state index in [1.165, 1.54) is 0 Å². The smallest absolute Gasteiger partial charge is 0.656 e. The number of hydrogen-bond acceptors (Lipinski definition) is 10. The van der Waals surface area contributed by atoms with Crippen LogP contribution in [0.2, 0.25) is 0 Å². The van der Waals surface area contributed by atoms with E-state index in [4.69, 9.17) is 18.6 Å². The molecule has 2 aromatic heterocycles. The van der Waals surface area contributed by atoms with Gasteiger partial charge in [0.05, 0.1) is 11.4 Å². The minimum Gasteiger partial charge on any atom is -0.656 e. The average molecular weight is 698 g/mol. The SMILES string of the molecule is [Cr+3].[O-][Cl+3]([O-])([O-])[O-].c1ccc([N-]c2ccccc2N=Nc2ccccn2)cc1.c1ccc([N-]c2ccccc2N=Nc2ccccn2)cc1. The zero-order chi connectivity index (χ0) is 33.2. The van der Waals surface area contributed by atoms with Gasteiger partial charge in [0.25, 0.3) is 0 Å². The van der Waals surface area contributed by atoms with Gasteiger partial charge in [-0.2, -0.15) is 10.2 Å². The fraction of sp³-hybridized carbons (Fsp3) is 0. The minimum atomic E-state index is -4.94. The van der Waals surface area contributed by atoms with Gasteiger partial charge in [-0.15, -0.1) is 43.2 Å². The maximum absolute atomic E-state index is 8.49. The summed E-state index contributed by atoms with van der Waals surface area (Å²) in [6, 6.07) is 45.9. The summed E-state index contributed by atoms with van der Waals surface area (Å²) in [4.78, 5) is 8.23. The molecule has 0 saturated heterocycles. The normalized spacial score (nSPS) is 10.6. The Morgan fingerprint density at radius 1 is 0.417 bits per heavy atom. The van der Waals surface area contributed by atoms with Gasteiger partial charge >= 0.3 is 17.4 Å². The van der Waals surface area contributed by atoms with Gasteiger partial charge in [-0.3, -0.25) is 0 Å². The minimum absolute atomic E-state index is 0. The molecule has 2 heterocycles. The Kier molecular flexibility index (Phi) is 15.5. The molecular weight excluding hydrogens is 672 g/mol. The largest absolute Gasteiger partial charge is 3.00 e. The summed E-state index contributed by atoms with van der Waals surface area (Å²) in [6.07, 6.45) is 3.38. The van der Waals surface area contributed by atoms with Crippen molar-refractivity contribution in [1.29, 1.82) is 0 Å². The molecule has 4 aromatic carbocycles. The number of azo groups is 2. The Labute approximate surface area is 290 Å². The Morgan fingerprint density at radius 2 is 0.750 bits per heavy atom. The number of pyridine rings is 2. The predicted molar refractivity (Wildman–Crippen MR) is 168 cm³/mol. The molecule has 1 radical (unpaired) electrons. The average Bonchev–Trinajstić information content (AvgIpc) is 3.09. The molecule has 0 atom stereocenters. The Hall–Kier alpha value is -5.36. The summed E-state index contributed by atoms with van der Waals surface area (Å²) in [5.41, 5.74) is 4.77. The zero-order valence-corrected chi connectivity index (χ0v) is 27.0. The summed E-state index contributed by atoms with van der Waals surface area (Å²) in [5.74, 6) is 1.15. The molecule has 0 aliphatic rings. The number of hydrogen-bond donors (Lipinski definition) is 0. The summed E-state index contributed by atoms with van der Waals surface area (Å²) in [7, 11) is -4.94. The van der Waals surface area contributed by atoms with E-state index in [9.17, 15) is 0 Å². The molecule has 0 spiro atoms. The van der Waals surface area contributed by atoms with Gasteiger partial charge in [0.15, 0.2) is 11.6 Å². The first-order chi connectivity index (χ1) is 22.8. The van der Waals surface area contributed by atoms with Crippen molar-refractivity contribution in [2.24, 2.45) is 20.5 Å². The van der Waals surface area contributed by atoms with Crippen LogP contribution in [-0.4, -0.2) is 9.97 Å². The van der Waals surface area contributed by atoms with Crippen molar-refractivity contribution < 1.29 is 46.2 Å². The second-order valence-electron chi connectivity index (χ2n) is 9.03. The Bertz CT molecular complexity index is 1700. The van der Waals surface area contributed by atoms with Gasteiger partial charge in [-0.25, -0.2) is 28.6 Å². The van der Waals surface area contributed by atoms with Crippen LogP contribution in [-0.2, 0) is 17.4 Å². The molecular formula is C34H26ClCrN8O4. The molecule has 0 unspecified atom stereocenters. The van der Waals surface area contributed by atoms with Crippen LogP contribution in [0.25, 0.3) is 10.6 Å². The van der Waals surface area contributed by atoms with Crippen molar-refractivity contribution in [3.8, 4) is 0 Å². The van der Waals surface area contributed by atoms with Gasteiger partial charge in [0, 0.05) is 12.4 Å². The molecule has 48 heavy (non-hydrogen) atoms. The van der Waals surface area contributed by atoms with Gasteiger partial charge in [-0.1, -0.05) is 109 Å². The summed E-state index contributed by atoms with van der Waals surface area (Å²) < 4.78 is 34.0. The van der Waals surface area contributed by atoms with Gasteiger partial charge in [-0.05, 0) is 36.4 Å². The standard InChI is InChI=1S/2C17H13N4.ClHO4.Cr/c2*1-2-8-14(9-3-1)19-15-10-4-5-11-16(15)20-21-17-12-6-7-13-18-17;2-1(3,4)5;/h2*1-13H;(H,2,3,4,5);/q2*-1;;+3/p-1. The van der Waals surface area contributed by atoms with E-state index in [1.54, 1.807) is 24.5 Å². The van der Waals surface area contributed by atoms with E-state index in [0.29, 0.717) is 23.0 Å². The molecule has 0 N–H and O–H groups in total. The van der Waals surface area contributed by atoms with Crippen LogP contribution in [0, 0.1) is 10.2 Å². The zero-order valence-electron chi connectivity index (χ0n) is 25.0. The van der Waals surface area contributed by atoms with E-state index in [2.05, 4.69) is 41.1 Å². The molecule has 6 aromatic rings. The van der Waals surface area contributed by atoms with E-state index >= 15 is 0 Å². The monoisotopic (exact) mass is 697 g/mol. The molecule has 0 amide bonds. The van der Waals surface area contributed by atoms with Crippen LogP contribution in [0.5, 0.6) is 0 Å². The fourth-order valence-corrected chi connectivity index (χ4v) is 3.61. The van der Waals surface area contributed by atoms with E-state index in [-0.39, 0.29) is 17.4 Å². The Morgan fingerprint density at radius 3 is 1.10 bits per heavy atom. The van der Waals surface area contributed by atoms with Crippen LogP contribution in [0.3, 0.4) is 0 Å². The quantitative estimate of drug-likeness (QED) is 0.155. The maximum Gasteiger partial charge on any atom is 3.00 e. The van der Waals surface area contributed by atoms with Gasteiger partial charge in [0.2, 0.25) is 0 Å². The molecule has 14 heteroatoms. The first-order valence-electron chi connectivity index (χ1n) is 13.8. The van der Waals surface area contributed by atoms with Gasteiger partial charge in [0.1, 0.15) is 0 Å². The molecule has 0 fully saturated rings. The third-order valence-electron chi connectivity index (χ3n) is 5.59. The molecule has 0 bridgehead atoms. The van der Waals surface area contributed by atoms with Gasteiger partial charge < -0.3 is 10.6 Å². The summed E-state index contributed by atoms with van der Waals surface area (Å²) in [6.45, 7) is 0. The first-order valence-corrected chi connectivity index (χ1v) is 15.1. The molecule has 0 aliphatic heterocycles. The van der Waals surface area contributed by atoms with E-state index in [0.717, 1.165) is 22.7 Å². The third-order valence-corrected chi connectivity index (χ3v) is 5.59. The van der Waals surface area contributed by atoms with Crippen molar-refractivity contribution in [2.75, 3.05) is 0 Å². The van der Waals surface area contributed by atoms with Crippen molar-refractivity contribution in [2.45, 2.75) is 0 Å². The topological polar surface area (TPSA) is 196 Å². The maximum atomic E-state index is 8.49. The fourth-order valence-electron chi connectivity index (χ4n) is 3.61. The second-order valence-corrected chi connectivity index (χ2v) is 9.78. The van der Waals surface area contributed by atoms with E-state index in [1.807, 2.05) is 133 Å². The summed E-state index contributed by atoms with van der Waals surface area (Å²) >= 11 is 0. The van der Waals surface area contributed by atoms with Crippen LogP contribution in [0.4, 0.5) is 45.8 Å². The number of halogens is 1. The molecule has 239 valence electrons. The summed E-state index contributed by atoms with van der Waals surface area (Å²) in [5, 5.41) is 25.9. The predicted octanol–water partition coefficient (Wildman–Crippen LogP) is 6.91. The third kappa shape index (κ3) is 14.4. The molecule has 0 aliphatic carbocycles. The van der Waals surface area contributed by atoms with Crippen LogP contribution < -0.4 is 18.6 Å². The van der Waals surface area contributed by atoms with Crippen LogP contribution in [0.1, 0.15) is 0 Å². The molecule has 6 rings (SSSR count). The van der Waals surface area contributed by atoms with Crippen molar-refractivity contribution in [3.63, 3.8) is 0 Å². The Balaban J connectivity index is 0.000000225. The van der Waals surface area contributed by atoms with Crippen LogP contribution >= 0.6 is 0 Å². The van der Waals surface area contributed by atoms with Crippen molar-refractivity contribution in [3.05, 3.63) is 169 Å². The second kappa shape index (κ2) is 20.0. The number of aromatic nitrogens is 2. The van der Waals surface area contributed by atoms with Crippen LogP contribution in [0.15, 0.2) is 178 Å². The van der Waals surface area contributed by atoms with Crippen molar-refractivity contribution in [1.82, 2.24) is 9.97 Å². The number of para-hydroxylation sites is 4. The number of rotatable bonds is 8. The van der Waals surface area contributed by atoms with Crippen molar-refractivity contribution >= 4 is 45.8 Å². The number of benzene rings is 4. The molecule has 12 nitrogen and oxygen atoms in total. The molecule has 0 saturated carbocycles. The first kappa shape index (κ1) is 37.1. The number of nitrogens with zero attached hydrogens (tertiary/aromatic N) is 8. The van der Waals surface area contributed by atoms with E-state index < -0.39 is 10.2 Å².